The summed E-state index contributed by atoms with van der Waals surface area (Å²) < 4.78 is 5.32. The Kier molecular flexibility index (Phi) is 3.95. The second-order valence-corrected chi connectivity index (χ2v) is 4.11. The van der Waals surface area contributed by atoms with Crippen LogP contribution in [-0.4, -0.2) is 17.4 Å². The van der Waals surface area contributed by atoms with Crippen LogP contribution < -0.4 is 4.74 Å². The summed E-state index contributed by atoms with van der Waals surface area (Å²) in [5.74, 6) is 0.498. The minimum atomic E-state index is -0.0966. The Bertz CT molecular complexity index is 552. The van der Waals surface area contributed by atoms with Crippen molar-refractivity contribution in [3.63, 3.8) is 0 Å². The Hall–Kier alpha value is -1.87. The van der Waals surface area contributed by atoms with E-state index in [2.05, 4.69) is 4.98 Å². The fourth-order valence-corrected chi connectivity index (χ4v) is 1.68. The lowest BCUT2D eigenvalue weighted by atomic mass is 10.1. The van der Waals surface area contributed by atoms with E-state index >= 15 is 0 Å². The summed E-state index contributed by atoms with van der Waals surface area (Å²) >= 11 is 5.79. The zero-order chi connectivity index (χ0) is 13.0. The number of hydrogen-bond acceptors (Lipinski definition) is 3. The maximum atomic E-state index is 12.2. The molecule has 1 aromatic carbocycles. The minimum Gasteiger partial charge on any atom is -0.492 e. The van der Waals surface area contributed by atoms with Crippen LogP contribution in [0.5, 0.6) is 5.75 Å². The summed E-state index contributed by atoms with van der Waals surface area (Å²) in [6, 6.07) is 8.45. The van der Waals surface area contributed by atoms with Gasteiger partial charge in [-0.1, -0.05) is 11.6 Å². The van der Waals surface area contributed by atoms with Gasteiger partial charge in [-0.15, -0.1) is 0 Å². The molecule has 0 amide bonds. The molecule has 0 aliphatic rings. The van der Waals surface area contributed by atoms with Crippen LogP contribution in [0.4, 0.5) is 0 Å². The van der Waals surface area contributed by atoms with Gasteiger partial charge in [0, 0.05) is 22.3 Å². The molecule has 0 spiro atoms. The molecule has 92 valence electrons. The topological polar surface area (TPSA) is 39.2 Å². The van der Waals surface area contributed by atoms with Crippen LogP contribution in [0.3, 0.4) is 0 Å². The average Bonchev–Trinajstić information content (AvgIpc) is 2.39. The van der Waals surface area contributed by atoms with Crippen LogP contribution in [0.2, 0.25) is 5.02 Å². The van der Waals surface area contributed by atoms with Gasteiger partial charge in [0.05, 0.1) is 12.8 Å². The lowest BCUT2D eigenvalue weighted by Gasteiger charge is -2.05. The van der Waals surface area contributed by atoms with E-state index in [1.807, 2.05) is 6.92 Å². The molecule has 1 heterocycles. The lowest BCUT2D eigenvalue weighted by molar-refractivity contribution is 0.103. The van der Waals surface area contributed by atoms with Gasteiger partial charge in [0.2, 0.25) is 0 Å². The van der Waals surface area contributed by atoms with Crippen molar-refractivity contribution >= 4 is 17.4 Å². The number of benzene rings is 1. The van der Waals surface area contributed by atoms with Gasteiger partial charge < -0.3 is 4.74 Å². The fraction of sp³-hybridized carbons (Fsp3) is 0.143. The molecule has 0 fully saturated rings. The van der Waals surface area contributed by atoms with Crippen molar-refractivity contribution in [3.8, 4) is 5.75 Å². The van der Waals surface area contributed by atoms with Crippen LogP contribution >= 0.6 is 11.6 Å². The Morgan fingerprint density at radius 1 is 1.22 bits per heavy atom. The summed E-state index contributed by atoms with van der Waals surface area (Å²) in [7, 11) is 0. The van der Waals surface area contributed by atoms with Crippen molar-refractivity contribution in [2.75, 3.05) is 6.61 Å². The Labute approximate surface area is 110 Å². The van der Waals surface area contributed by atoms with Crippen molar-refractivity contribution < 1.29 is 9.53 Å². The van der Waals surface area contributed by atoms with Gasteiger partial charge >= 0.3 is 0 Å². The van der Waals surface area contributed by atoms with E-state index in [9.17, 15) is 4.79 Å². The van der Waals surface area contributed by atoms with Crippen molar-refractivity contribution in [3.05, 3.63) is 58.9 Å². The molecule has 0 aliphatic heterocycles. The second kappa shape index (κ2) is 5.65. The zero-order valence-corrected chi connectivity index (χ0v) is 10.6. The zero-order valence-electron chi connectivity index (χ0n) is 9.89. The van der Waals surface area contributed by atoms with Crippen LogP contribution in [0.1, 0.15) is 22.8 Å². The molecule has 0 aliphatic carbocycles. The van der Waals surface area contributed by atoms with Crippen LogP contribution in [-0.2, 0) is 0 Å². The molecular weight excluding hydrogens is 250 g/mol. The van der Waals surface area contributed by atoms with E-state index in [0.717, 1.165) is 0 Å². The third-order valence-electron chi connectivity index (χ3n) is 2.39. The highest BCUT2D eigenvalue weighted by molar-refractivity contribution is 6.30. The van der Waals surface area contributed by atoms with Gasteiger partial charge in [-0.25, -0.2) is 0 Å². The van der Waals surface area contributed by atoms with Crippen LogP contribution in [0, 0.1) is 0 Å². The van der Waals surface area contributed by atoms with Crippen molar-refractivity contribution in [2.45, 2.75) is 6.92 Å². The predicted molar refractivity (Wildman–Crippen MR) is 70.3 cm³/mol. The van der Waals surface area contributed by atoms with Crippen molar-refractivity contribution in [2.24, 2.45) is 0 Å². The number of aromatic nitrogens is 1. The number of ether oxygens (including phenoxy) is 1. The third kappa shape index (κ3) is 2.87. The number of rotatable bonds is 4. The van der Waals surface area contributed by atoms with Crippen molar-refractivity contribution in [1.29, 1.82) is 0 Å². The molecular formula is C14H12ClNO2. The number of carbonyl (C=O) groups is 1. The number of carbonyl (C=O) groups excluding carboxylic acids is 1. The number of nitrogens with zero attached hydrogens (tertiary/aromatic N) is 1. The van der Waals surface area contributed by atoms with Gasteiger partial charge in [0.25, 0.3) is 0 Å². The molecule has 18 heavy (non-hydrogen) atoms. The van der Waals surface area contributed by atoms with Gasteiger partial charge in [-0.05, 0) is 37.3 Å². The van der Waals surface area contributed by atoms with E-state index in [1.165, 1.54) is 6.20 Å². The Balaban J connectivity index is 2.28. The standard InChI is InChI=1S/C14H12ClNO2/c1-2-18-13-7-11(8-16-9-13)14(17)10-3-5-12(15)6-4-10/h3-9H,2H2,1H3. The number of halogens is 1. The van der Waals surface area contributed by atoms with Crippen molar-refractivity contribution in [1.82, 2.24) is 4.98 Å². The third-order valence-corrected chi connectivity index (χ3v) is 2.64. The largest absolute Gasteiger partial charge is 0.492 e. The SMILES string of the molecule is CCOc1cncc(C(=O)c2ccc(Cl)cc2)c1. The van der Waals surface area contributed by atoms with E-state index in [-0.39, 0.29) is 5.78 Å². The average molecular weight is 262 g/mol. The Morgan fingerprint density at radius 2 is 1.94 bits per heavy atom. The molecule has 3 nitrogen and oxygen atoms in total. The summed E-state index contributed by atoms with van der Waals surface area (Å²) in [5.41, 5.74) is 1.08. The summed E-state index contributed by atoms with van der Waals surface area (Å²) in [5, 5.41) is 0.604. The highest BCUT2D eigenvalue weighted by Crippen LogP contribution is 2.16. The first-order valence-corrected chi connectivity index (χ1v) is 5.96. The summed E-state index contributed by atoms with van der Waals surface area (Å²) in [4.78, 5) is 16.2. The molecule has 2 rings (SSSR count). The van der Waals surface area contributed by atoms with E-state index in [1.54, 1.807) is 36.5 Å². The summed E-state index contributed by atoms with van der Waals surface area (Å²) in [6.45, 7) is 2.42. The fourth-order valence-electron chi connectivity index (χ4n) is 1.56. The maximum Gasteiger partial charge on any atom is 0.194 e. The summed E-state index contributed by atoms with van der Waals surface area (Å²) in [6.07, 6.45) is 3.11. The quantitative estimate of drug-likeness (QED) is 0.792. The lowest BCUT2D eigenvalue weighted by Crippen LogP contribution is -2.02. The molecule has 2 aromatic rings. The van der Waals surface area contributed by atoms with Crippen LogP contribution in [0.15, 0.2) is 42.7 Å². The van der Waals surface area contributed by atoms with E-state index < -0.39 is 0 Å². The first kappa shape index (κ1) is 12.6. The molecule has 0 atom stereocenters. The smallest absolute Gasteiger partial charge is 0.194 e. The normalized spacial score (nSPS) is 10.1. The number of ketones is 1. The number of pyridine rings is 1. The molecule has 0 unspecified atom stereocenters. The highest BCUT2D eigenvalue weighted by atomic mass is 35.5. The molecule has 0 saturated heterocycles. The van der Waals surface area contributed by atoms with Gasteiger partial charge in [0.1, 0.15) is 5.75 Å². The van der Waals surface area contributed by atoms with E-state index in [0.29, 0.717) is 28.5 Å². The van der Waals surface area contributed by atoms with Gasteiger partial charge in [-0.2, -0.15) is 0 Å². The minimum absolute atomic E-state index is 0.0966. The molecule has 4 heteroatoms. The molecule has 0 radical (unpaired) electrons. The second-order valence-electron chi connectivity index (χ2n) is 3.68. The van der Waals surface area contributed by atoms with Gasteiger partial charge in [0.15, 0.2) is 5.78 Å². The first-order chi connectivity index (χ1) is 8.70. The molecule has 0 N–H and O–H groups in total. The monoisotopic (exact) mass is 261 g/mol. The van der Waals surface area contributed by atoms with Crippen LogP contribution in [0.25, 0.3) is 0 Å². The molecule has 1 aromatic heterocycles. The highest BCUT2D eigenvalue weighted by Gasteiger charge is 2.10. The van der Waals surface area contributed by atoms with Gasteiger partial charge in [-0.3, -0.25) is 9.78 Å². The molecule has 0 saturated carbocycles. The molecule has 0 bridgehead atoms. The maximum absolute atomic E-state index is 12.2. The van der Waals surface area contributed by atoms with E-state index in [4.69, 9.17) is 16.3 Å². The predicted octanol–water partition coefficient (Wildman–Crippen LogP) is 3.36. The first-order valence-electron chi connectivity index (χ1n) is 5.59. The Morgan fingerprint density at radius 3 is 2.61 bits per heavy atom. The number of hydrogen-bond donors (Lipinski definition) is 0.